The van der Waals surface area contributed by atoms with E-state index in [-0.39, 0.29) is 17.1 Å². The molecule has 0 radical (unpaired) electrons. The quantitative estimate of drug-likeness (QED) is 0.496. The summed E-state index contributed by atoms with van der Waals surface area (Å²) in [5.74, 6) is 0. The fraction of sp³-hybridized carbons (Fsp3) is 0.440. The molecule has 4 rings (SSSR count). The van der Waals surface area contributed by atoms with Gasteiger partial charge in [-0.2, -0.15) is 8.78 Å². The first-order valence-corrected chi connectivity index (χ1v) is 12.5. The van der Waals surface area contributed by atoms with Crippen molar-refractivity contribution in [1.82, 2.24) is 10.2 Å². The Morgan fingerprint density at radius 1 is 1.12 bits per heavy atom. The molecule has 1 aliphatic heterocycles. The van der Waals surface area contributed by atoms with E-state index in [4.69, 9.17) is 0 Å². The summed E-state index contributed by atoms with van der Waals surface area (Å²) in [4.78, 5) is 2.66. The van der Waals surface area contributed by atoms with Crippen molar-refractivity contribution in [2.45, 2.75) is 49.3 Å². The molecule has 1 aliphatic carbocycles. The van der Waals surface area contributed by atoms with Gasteiger partial charge in [-0.15, -0.1) is 9.24 Å². The maximum atomic E-state index is 14.0. The van der Waals surface area contributed by atoms with Gasteiger partial charge in [0.1, 0.15) is 0 Å². The number of alkyl halides is 2. The van der Waals surface area contributed by atoms with Gasteiger partial charge in [-0.3, -0.25) is 4.90 Å². The zero-order valence-electron chi connectivity index (χ0n) is 18.6. The second-order valence-electron chi connectivity index (χ2n) is 8.98. The number of hydrogen-bond donors (Lipinski definition) is 2. The molecule has 3 atom stereocenters. The molecular weight excluding hydrogens is 442 g/mol. The van der Waals surface area contributed by atoms with Crippen LogP contribution in [0.15, 0.2) is 49.0 Å². The Balaban J connectivity index is 1.71. The van der Waals surface area contributed by atoms with E-state index in [1.54, 1.807) is 16.3 Å². The third-order valence-electron chi connectivity index (χ3n) is 7.07. The van der Waals surface area contributed by atoms with Gasteiger partial charge in [-0.25, -0.2) is 0 Å². The van der Waals surface area contributed by atoms with Crippen molar-refractivity contribution in [3.63, 3.8) is 0 Å². The summed E-state index contributed by atoms with van der Waals surface area (Å²) in [7, 11) is 5.99. The van der Waals surface area contributed by atoms with Crippen LogP contribution in [-0.4, -0.2) is 30.6 Å². The molecule has 0 amide bonds. The molecule has 2 aliphatic rings. The highest BCUT2D eigenvalue weighted by atomic mass is 31.0. The van der Waals surface area contributed by atoms with Crippen molar-refractivity contribution >= 4 is 35.2 Å². The van der Waals surface area contributed by atoms with Crippen LogP contribution in [0, 0.1) is 0 Å². The molecule has 2 aromatic carbocycles. The Hall–Kier alpha value is -1.54. The lowest BCUT2D eigenvalue weighted by molar-refractivity contribution is 0.00377. The van der Waals surface area contributed by atoms with Crippen LogP contribution in [-0.2, 0) is 5.66 Å². The number of anilines is 1. The summed E-state index contributed by atoms with van der Waals surface area (Å²) >= 11 is 0. The van der Waals surface area contributed by atoms with E-state index in [0.717, 1.165) is 37.2 Å². The molecule has 7 heteroatoms. The predicted octanol–water partition coefficient (Wildman–Crippen LogP) is 5.47. The average Bonchev–Trinajstić information content (AvgIpc) is 3.26. The molecule has 2 aromatic rings. The number of halogens is 2. The molecule has 2 N–H and O–H groups in total. The number of nitrogens with zero attached hydrogens (tertiary/aromatic N) is 1. The van der Waals surface area contributed by atoms with Gasteiger partial charge in [0.05, 0.1) is 6.04 Å². The van der Waals surface area contributed by atoms with Gasteiger partial charge in [0.15, 0.2) is 0 Å². The van der Waals surface area contributed by atoms with Crippen molar-refractivity contribution in [3.8, 4) is 0 Å². The zero-order chi connectivity index (χ0) is 22.9. The molecule has 2 fully saturated rings. The van der Waals surface area contributed by atoms with Crippen LogP contribution in [0.25, 0.3) is 5.70 Å². The molecule has 0 aromatic heterocycles. The van der Waals surface area contributed by atoms with Crippen LogP contribution >= 0.6 is 18.5 Å². The van der Waals surface area contributed by atoms with Crippen molar-refractivity contribution in [1.29, 1.82) is 0 Å². The predicted molar refractivity (Wildman–Crippen MR) is 138 cm³/mol. The molecule has 3 unspecified atom stereocenters. The van der Waals surface area contributed by atoms with E-state index in [2.05, 4.69) is 55.6 Å². The van der Waals surface area contributed by atoms with E-state index in [9.17, 15) is 8.78 Å². The second-order valence-corrected chi connectivity index (χ2v) is 10.3. The van der Waals surface area contributed by atoms with Crippen LogP contribution in [0.1, 0.15) is 54.8 Å². The molecular formula is C25H33F2N3P2. The minimum atomic E-state index is -2.98. The van der Waals surface area contributed by atoms with E-state index in [1.807, 2.05) is 6.07 Å². The summed E-state index contributed by atoms with van der Waals surface area (Å²) in [6, 6.07) is 13.7. The summed E-state index contributed by atoms with van der Waals surface area (Å²) in [6.07, 6.45) is 6.01. The van der Waals surface area contributed by atoms with Gasteiger partial charge in [-0.05, 0) is 68.2 Å². The van der Waals surface area contributed by atoms with Crippen molar-refractivity contribution in [2.24, 2.45) is 0 Å². The van der Waals surface area contributed by atoms with E-state index >= 15 is 0 Å². The van der Waals surface area contributed by atoms with Crippen molar-refractivity contribution in [2.75, 3.05) is 25.5 Å². The van der Waals surface area contributed by atoms with Gasteiger partial charge < -0.3 is 10.6 Å². The van der Waals surface area contributed by atoms with Gasteiger partial charge >= 0.3 is 0 Å². The lowest BCUT2D eigenvalue weighted by Crippen LogP contribution is -2.59. The third-order valence-corrected chi connectivity index (χ3v) is 7.86. The standard InChI is InChI=1S/C25H33F2N3P2/c1-17(22-20(28-2)15-19(16-21(22)31)25(26,27)32)29-23(18-9-4-3-5-10-18)24(11-8-12-24)30-13-6-7-14-30/h3-5,9-10,15-16,23,28-29H,1,6-8,11-14,31-32H2,2H3. The van der Waals surface area contributed by atoms with E-state index < -0.39 is 5.66 Å². The molecule has 1 heterocycles. The SMILES string of the molecule is C=C(NC(c1ccccc1)C1(N2CCCC2)CCC1)c1c(P)cc(C(F)(F)P)cc1NC. The minimum Gasteiger partial charge on any atom is -0.388 e. The molecule has 0 spiro atoms. The highest BCUT2D eigenvalue weighted by molar-refractivity contribution is 7.27. The number of nitrogens with one attached hydrogen (secondary N) is 2. The van der Waals surface area contributed by atoms with Gasteiger partial charge in [0, 0.05) is 35.1 Å². The zero-order valence-corrected chi connectivity index (χ0v) is 20.9. The van der Waals surface area contributed by atoms with Gasteiger partial charge in [-0.1, -0.05) is 46.2 Å². The summed E-state index contributed by atoms with van der Waals surface area (Å²) in [5, 5.41) is 7.55. The number of likely N-dealkylation sites (tertiary alicyclic amines) is 1. The monoisotopic (exact) mass is 475 g/mol. The van der Waals surface area contributed by atoms with Crippen LogP contribution in [0.4, 0.5) is 14.5 Å². The molecule has 1 saturated carbocycles. The fourth-order valence-corrected chi connectivity index (χ4v) is 5.98. The lowest BCUT2D eigenvalue weighted by atomic mass is 9.68. The number of rotatable bonds is 8. The van der Waals surface area contributed by atoms with E-state index in [0.29, 0.717) is 11.0 Å². The van der Waals surface area contributed by atoms with Crippen LogP contribution in [0.3, 0.4) is 0 Å². The first kappa shape index (κ1) is 23.6. The highest BCUT2D eigenvalue weighted by Gasteiger charge is 2.50. The van der Waals surface area contributed by atoms with E-state index in [1.165, 1.54) is 37.0 Å². The lowest BCUT2D eigenvalue weighted by Gasteiger charge is -2.54. The first-order chi connectivity index (χ1) is 15.3. The Kier molecular flexibility index (Phi) is 6.92. The summed E-state index contributed by atoms with van der Waals surface area (Å²) < 4.78 is 28.0. The summed E-state index contributed by atoms with van der Waals surface area (Å²) in [5.41, 5.74) is 0.495. The summed E-state index contributed by atoms with van der Waals surface area (Å²) in [6.45, 7) is 6.64. The molecule has 32 heavy (non-hydrogen) atoms. The smallest absolute Gasteiger partial charge is 0.283 e. The first-order valence-electron chi connectivity index (χ1n) is 11.3. The fourth-order valence-electron chi connectivity index (χ4n) is 5.30. The molecule has 172 valence electrons. The molecule has 0 bridgehead atoms. The number of benzene rings is 2. The highest BCUT2D eigenvalue weighted by Crippen LogP contribution is 2.49. The van der Waals surface area contributed by atoms with Gasteiger partial charge in [0.25, 0.3) is 5.66 Å². The Morgan fingerprint density at radius 3 is 2.31 bits per heavy atom. The van der Waals surface area contributed by atoms with Crippen LogP contribution < -0.4 is 15.9 Å². The second kappa shape index (κ2) is 9.37. The van der Waals surface area contributed by atoms with Crippen LogP contribution in [0.5, 0.6) is 0 Å². The maximum Gasteiger partial charge on any atom is 0.283 e. The Labute approximate surface area is 194 Å². The van der Waals surface area contributed by atoms with Gasteiger partial charge in [0.2, 0.25) is 0 Å². The average molecular weight is 476 g/mol. The van der Waals surface area contributed by atoms with Crippen molar-refractivity contribution < 1.29 is 8.78 Å². The minimum absolute atomic E-state index is 0.0412. The molecule has 1 saturated heterocycles. The Morgan fingerprint density at radius 2 is 1.78 bits per heavy atom. The third kappa shape index (κ3) is 4.45. The van der Waals surface area contributed by atoms with Crippen LogP contribution in [0.2, 0.25) is 0 Å². The number of hydrogen-bond acceptors (Lipinski definition) is 3. The topological polar surface area (TPSA) is 27.3 Å². The molecule has 3 nitrogen and oxygen atoms in total. The largest absolute Gasteiger partial charge is 0.388 e. The Bertz CT molecular complexity index is 965. The normalized spacial score (nSPS) is 19.3. The maximum absolute atomic E-state index is 14.0. The van der Waals surface area contributed by atoms with Crippen molar-refractivity contribution in [3.05, 3.63) is 65.7 Å².